The lowest BCUT2D eigenvalue weighted by Crippen LogP contribution is -2.23. The lowest BCUT2D eigenvalue weighted by atomic mass is 10.1. The Bertz CT molecular complexity index is 1490. The molecule has 1 aliphatic heterocycles. The summed E-state index contributed by atoms with van der Waals surface area (Å²) >= 11 is 0. The highest BCUT2D eigenvalue weighted by atomic mass is 16.5. The summed E-state index contributed by atoms with van der Waals surface area (Å²) in [5.41, 5.74) is 1.44. The Labute approximate surface area is 225 Å². The van der Waals surface area contributed by atoms with Crippen LogP contribution in [0.3, 0.4) is 0 Å². The third kappa shape index (κ3) is 5.40. The largest absolute Gasteiger partial charge is 0.490 e. The Balaban J connectivity index is 1.03. The molecule has 2 aliphatic rings. The number of para-hydroxylation sites is 1. The van der Waals surface area contributed by atoms with Gasteiger partial charge in [0.25, 0.3) is 5.91 Å². The van der Waals surface area contributed by atoms with E-state index in [9.17, 15) is 9.59 Å². The summed E-state index contributed by atoms with van der Waals surface area (Å²) in [6, 6.07) is 26.8. The first-order valence-corrected chi connectivity index (χ1v) is 12.8. The van der Waals surface area contributed by atoms with Crippen molar-refractivity contribution in [2.24, 2.45) is 5.41 Å². The standard InChI is InChI=1S/C31H27N3O5/c35-29(22-5-4-8-26(17-22)38-24-6-2-1-3-7-24)33-23-11-14-28(32-19-23)34-16-15-31(20-34)18-27(31)39-25-12-9-21(10-13-25)30(36)37/h1-14,17,19,27H,15-16,18,20H2,(H,33,35)(H,36,37)/t27-,31?/m1/s1. The van der Waals surface area contributed by atoms with Crippen molar-refractivity contribution < 1.29 is 24.2 Å². The average molecular weight is 522 g/mol. The number of benzene rings is 3. The quantitative estimate of drug-likeness (QED) is 0.299. The maximum absolute atomic E-state index is 12.8. The summed E-state index contributed by atoms with van der Waals surface area (Å²) in [7, 11) is 0. The van der Waals surface area contributed by atoms with Gasteiger partial charge in [0.2, 0.25) is 0 Å². The molecule has 6 rings (SSSR count). The van der Waals surface area contributed by atoms with E-state index in [2.05, 4.69) is 15.2 Å². The van der Waals surface area contributed by atoms with Gasteiger partial charge in [-0.05, 0) is 79.6 Å². The third-order valence-corrected chi connectivity index (χ3v) is 7.28. The number of hydrogen-bond donors (Lipinski definition) is 2. The minimum Gasteiger partial charge on any atom is -0.490 e. The number of carboxylic acid groups (broad SMARTS) is 1. The highest BCUT2D eigenvalue weighted by Crippen LogP contribution is 2.55. The minimum atomic E-state index is -0.948. The zero-order chi connectivity index (χ0) is 26.8. The van der Waals surface area contributed by atoms with Crippen molar-refractivity contribution in [1.82, 2.24) is 4.98 Å². The van der Waals surface area contributed by atoms with Crippen LogP contribution in [0.2, 0.25) is 0 Å². The number of carboxylic acids is 1. The molecule has 1 spiro atoms. The summed E-state index contributed by atoms with van der Waals surface area (Å²) in [5, 5.41) is 12.0. The number of amides is 1. The van der Waals surface area contributed by atoms with Gasteiger partial charge in [0, 0.05) is 24.1 Å². The number of nitrogens with zero attached hydrogens (tertiary/aromatic N) is 2. The summed E-state index contributed by atoms with van der Waals surface area (Å²) in [4.78, 5) is 30.7. The fourth-order valence-corrected chi connectivity index (χ4v) is 5.01. The van der Waals surface area contributed by atoms with Crippen LogP contribution in [0.25, 0.3) is 0 Å². The molecule has 8 nitrogen and oxygen atoms in total. The van der Waals surface area contributed by atoms with Crippen LogP contribution in [-0.4, -0.2) is 41.2 Å². The van der Waals surface area contributed by atoms with Crippen molar-refractivity contribution in [1.29, 1.82) is 0 Å². The molecule has 4 aromatic rings. The Morgan fingerprint density at radius 2 is 1.69 bits per heavy atom. The molecule has 2 atom stereocenters. The van der Waals surface area contributed by atoms with Crippen LogP contribution in [0.5, 0.6) is 17.2 Å². The monoisotopic (exact) mass is 521 g/mol. The Kier molecular flexibility index (Phi) is 6.36. The zero-order valence-corrected chi connectivity index (χ0v) is 21.1. The number of ether oxygens (including phenoxy) is 2. The van der Waals surface area contributed by atoms with Gasteiger partial charge in [-0.2, -0.15) is 0 Å². The third-order valence-electron chi connectivity index (χ3n) is 7.28. The van der Waals surface area contributed by atoms with Gasteiger partial charge in [-0.25, -0.2) is 9.78 Å². The van der Waals surface area contributed by atoms with Crippen molar-refractivity contribution in [3.63, 3.8) is 0 Å². The van der Waals surface area contributed by atoms with Crippen LogP contribution in [0.4, 0.5) is 11.5 Å². The molecule has 2 heterocycles. The molecule has 1 aromatic heterocycles. The first-order valence-electron chi connectivity index (χ1n) is 12.8. The van der Waals surface area contributed by atoms with Gasteiger partial charge in [0.1, 0.15) is 29.2 Å². The number of anilines is 2. The molecule has 1 amide bonds. The minimum absolute atomic E-state index is 0.0902. The van der Waals surface area contributed by atoms with E-state index in [1.54, 1.807) is 48.7 Å². The number of aromatic carboxylic acids is 1. The predicted molar refractivity (Wildman–Crippen MR) is 147 cm³/mol. The Hall–Kier alpha value is -4.85. The van der Waals surface area contributed by atoms with E-state index in [0.717, 1.165) is 31.7 Å². The SMILES string of the molecule is O=C(O)c1ccc(O[C@@H]2CC23CCN(c2ccc(NC(=O)c4cccc(Oc5ccccc5)c4)cn2)C3)cc1. The van der Waals surface area contributed by atoms with Crippen molar-refractivity contribution in [2.75, 3.05) is 23.3 Å². The number of nitrogens with one attached hydrogen (secondary N) is 1. The summed E-state index contributed by atoms with van der Waals surface area (Å²) in [6.07, 6.45) is 3.75. The molecule has 3 aromatic carbocycles. The Morgan fingerprint density at radius 3 is 2.44 bits per heavy atom. The van der Waals surface area contributed by atoms with E-state index in [1.807, 2.05) is 48.5 Å². The van der Waals surface area contributed by atoms with E-state index >= 15 is 0 Å². The molecule has 39 heavy (non-hydrogen) atoms. The first kappa shape index (κ1) is 24.5. The van der Waals surface area contributed by atoms with Crippen LogP contribution < -0.4 is 19.7 Å². The highest BCUT2D eigenvalue weighted by Gasteiger charge is 2.59. The van der Waals surface area contributed by atoms with Gasteiger partial charge >= 0.3 is 5.97 Å². The molecule has 1 saturated heterocycles. The zero-order valence-electron chi connectivity index (χ0n) is 21.1. The predicted octanol–water partition coefficient (Wildman–Crippen LogP) is 5.87. The second-order valence-electron chi connectivity index (χ2n) is 9.98. The molecule has 8 heteroatoms. The van der Waals surface area contributed by atoms with Crippen LogP contribution >= 0.6 is 0 Å². The molecule has 196 valence electrons. The van der Waals surface area contributed by atoms with Crippen molar-refractivity contribution in [3.05, 3.63) is 108 Å². The lowest BCUT2D eigenvalue weighted by molar-refractivity contribution is 0.0696. The van der Waals surface area contributed by atoms with E-state index in [1.165, 1.54) is 0 Å². The molecule has 0 bridgehead atoms. The van der Waals surface area contributed by atoms with Gasteiger partial charge in [0.15, 0.2) is 0 Å². The molecule has 1 aliphatic carbocycles. The van der Waals surface area contributed by atoms with Gasteiger partial charge < -0.3 is 24.8 Å². The molecule has 2 N–H and O–H groups in total. The maximum Gasteiger partial charge on any atom is 0.335 e. The number of rotatable bonds is 8. The summed E-state index contributed by atoms with van der Waals surface area (Å²) < 4.78 is 12.0. The lowest BCUT2D eigenvalue weighted by Gasteiger charge is -2.18. The van der Waals surface area contributed by atoms with Crippen molar-refractivity contribution in [3.8, 4) is 17.2 Å². The van der Waals surface area contributed by atoms with E-state index in [4.69, 9.17) is 14.6 Å². The molecular formula is C31H27N3O5. The normalized spacial score (nSPS) is 19.5. The van der Waals surface area contributed by atoms with E-state index < -0.39 is 5.97 Å². The number of aromatic nitrogens is 1. The fraction of sp³-hybridized carbons (Fsp3) is 0.194. The second kappa shape index (κ2) is 10.1. The van der Waals surface area contributed by atoms with Crippen molar-refractivity contribution in [2.45, 2.75) is 18.9 Å². The van der Waals surface area contributed by atoms with E-state index in [0.29, 0.717) is 28.5 Å². The van der Waals surface area contributed by atoms with Gasteiger partial charge in [0.05, 0.1) is 17.4 Å². The van der Waals surface area contributed by atoms with Crippen LogP contribution in [-0.2, 0) is 0 Å². The first-order chi connectivity index (χ1) is 19.0. The van der Waals surface area contributed by atoms with Gasteiger partial charge in [-0.1, -0.05) is 24.3 Å². The highest BCUT2D eigenvalue weighted by molar-refractivity contribution is 6.04. The van der Waals surface area contributed by atoms with Crippen LogP contribution in [0.15, 0.2) is 97.2 Å². The second-order valence-corrected chi connectivity index (χ2v) is 9.98. The number of pyridine rings is 1. The summed E-state index contributed by atoms with van der Waals surface area (Å²) in [6.45, 7) is 1.72. The van der Waals surface area contributed by atoms with Crippen molar-refractivity contribution >= 4 is 23.4 Å². The van der Waals surface area contributed by atoms with Gasteiger partial charge in [-0.15, -0.1) is 0 Å². The molecule has 0 radical (unpaired) electrons. The van der Waals surface area contributed by atoms with E-state index in [-0.39, 0.29) is 23.0 Å². The number of carbonyl (C=O) groups excluding carboxylic acids is 1. The molecule has 1 saturated carbocycles. The average Bonchev–Trinajstić information content (AvgIpc) is 3.43. The smallest absolute Gasteiger partial charge is 0.335 e. The molecule has 1 unspecified atom stereocenters. The Morgan fingerprint density at radius 1 is 0.897 bits per heavy atom. The van der Waals surface area contributed by atoms with Gasteiger partial charge in [-0.3, -0.25) is 4.79 Å². The number of carbonyl (C=O) groups is 2. The van der Waals surface area contributed by atoms with Crippen LogP contribution in [0, 0.1) is 5.41 Å². The topological polar surface area (TPSA) is 101 Å². The van der Waals surface area contributed by atoms with Crippen LogP contribution in [0.1, 0.15) is 33.6 Å². The molecular weight excluding hydrogens is 494 g/mol. The fourth-order valence-electron chi connectivity index (χ4n) is 5.01. The summed E-state index contributed by atoms with van der Waals surface area (Å²) in [5.74, 6) is 1.66. The molecule has 2 fully saturated rings. The number of hydrogen-bond acceptors (Lipinski definition) is 6. The maximum atomic E-state index is 12.8.